The fraction of sp³-hybridized carbons (Fsp3) is 0.364. The number of ether oxygens (including phenoxy) is 1. The monoisotopic (exact) mass is 365 g/mol. The Balaban J connectivity index is 2.05. The van der Waals surface area contributed by atoms with Crippen LogP contribution in [0.5, 0.6) is 0 Å². The van der Waals surface area contributed by atoms with Gasteiger partial charge in [0.2, 0.25) is 0 Å². The van der Waals surface area contributed by atoms with Crippen molar-refractivity contribution in [2.45, 2.75) is 53.1 Å². The fourth-order valence-electron chi connectivity index (χ4n) is 3.77. The Labute approximate surface area is 158 Å². The van der Waals surface area contributed by atoms with Crippen molar-refractivity contribution in [3.63, 3.8) is 0 Å². The van der Waals surface area contributed by atoms with Crippen LogP contribution < -0.4 is 0 Å². The highest BCUT2D eigenvalue weighted by Gasteiger charge is 2.27. The number of hydrogen-bond donors (Lipinski definition) is 0. The van der Waals surface area contributed by atoms with Gasteiger partial charge in [-0.3, -0.25) is 0 Å². The predicted octanol–water partition coefficient (Wildman–Crippen LogP) is 5.63. The summed E-state index contributed by atoms with van der Waals surface area (Å²) in [4.78, 5) is 20.2. The number of nitrogens with zero attached hydrogens (tertiary/aromatic N) is 1. The SMILES string of the molecule is Cc1ccc(-c2c(C(=O)OC(C)C)c(C)nc3sc4c(c23)CCC4)cc1. The second-order valence-corrected chi connectivity index (χ2v) is 8.39. The first kappa shape index (κ1) is 17.2. The van der Waals surface area contributed by atoms with Crippen LogP contribution in [-0.2, 0) is 17.6 Å². The van der Waals surface area contributed by atoms with Gasteiger partial charge in [0.15, 0.2) is 0 Å². The van der Waals surface area contributed by atoms with E-state index in [1.54, 1.807) is 11.3 Å². The minimum Gasteiger partial charge on any atom is -0.459 e. The van der Waals surface area contributed by atoms with Crippen LogP contribution in [0.4, 0.5) is 0 Å². The number of aromatic nitrogens is 1. The molecule has 0 bridgehead atoms. The smallest absolute Gasteiger partial charge is 0.340 e. The first-order chi connectivity index (χ1) is 12.5. The highest BCUT2D eigenvalue weighted by atomic mass is 32.1. The number of hydrogen-bond acceptors (Lipinski definition) is 4. The lowest BCUT2D eigenvalue weighted by Crippen LogP contribution is -2.15. The van der Waals surface area contributed by atoms with Gasteiger partial charge in [-0.2, -0.15) is 0 Å². The maximum atomic E-state index is 12.9. The topological polar surface area (TPSA) is 39.2 Å². The molecule has 26 heavy (non-hydrogen) atoms. The molecule has 0 spiro atoms. The van der Waals surface area contributed by atoms with E-state index in [9.17, 15) is 4.79 Å². The van der Waals surface area contributed by atoms with Crippen molar-refractivity contribution in [2.75, 3.05) is 0 Å². The number of fused-ring (bicyclic) bond motifs is 3. The van der Waals surface area contributed by atoms with Gasteiger partial charge in [-0.25, -0.2) is 9.78 Å². The summed E-state index contributed by atoms with van der Waals surface area (Å²) in [5.41, 5.74) is 6.01. The zero-order valence-electron chi connectivity index (χ0n) is 15.7. The van der Waals surface area contributed by atoms with E-state index in [4.69, 9.17) is 9.72 Å². The molecule has 0 N–H and O–H groups in total. The Morgan fingerprint density at radius 2 is 1.88 bits per heavy atom. The molecular formula is C22H23NO2S. The van der Waals surface area contributed by atoms with Gasteiger partial charge < -0.3 is 4.74 Å². The maximum absolute atomic E-state index is 12.9. The molecule has 3 nitrogen and oxygen atoms in total. The van der Waals surface area contributed by atoms with Crippen LogP contribution in [-0.4, -0.2) is 17.1 Å². The van der Waals surface area contributed by atoms with Gasteiger partial charge in [-0.15, -0.1) is 11.3 Å². The summed E-state index contributed by atoms with van der Waals surface area (Å²) in [6.07, 6.45) is 3.22. The van der Waals surface area contributed by atoms with E-state index in [0.29, 0.717) is 5.56 Å². The number of esters is 1. The Morgan fingerprint density at radius 1 is 1.15 bits per heavy atom. The van der Waals surface area contributed by atoms with Crippen LogP contribution in [0.25, 0.3) is 21.3 Å². The molecule has 4 rings (SSSR count). The van der Waals surface area contributed by atoms with Gasteiger partial charge in [0.25, 0.3) is 0 Å². The van der Waals surface area contributed by atoms with Crippen LogP contribution in [0, 0.1) is 13.8 Å². The molecule has 0 fully saturated rings. The number of aryl methyl sites for hydroxylation is 4. The molecule has 0 atom stereocenters. The van der Waals surface area contributed by atoms with Crippen molar-refractivity contribution in [2.24, 2.45) is 0 Å². The minimum atomic E-state index is -0.277. The molecule has 134 valence electrons. The summed E-state index contributed by atoms with van der Waals surface area (Å²) < 4.78 is 5.57. The van der Waals surface area contributed by atoms with Gasteiger partial charge in [-0.1, -0.05) is 29.8 Å². The van der Waals surface area contributed by atoms with E-state index in [-0.39, 0.29) is 12.1 Å². The Bertz CT molecular complexity index is 999. The van der Waals surface area contributed by atoms with Gasteiger partial charge in [0, 0.05) is 15.8 Å². The van der Waals surface area contributed by atoms with E-state index in [1.807, 2.05) is 20.8 Å². The van der Waals surface area contributed by atoms with E-state index < -0.39 is 0 Å². The molecule has 0 saturated heterocycles. The summed E-state index contributed by atoms with van der Waals surface area (Å²) >= 11 is 1.78. The number of rotatable bonds is 3. The van der Waals surface area contributed by atoms with Crippen LogP contribution in [0.3, 0.4) is 0 Å². The standard InChI is InChI=1S/C22H23NO2S/c1-12(2)25-22(24)18-14(4)23-21-20(16-6-5-7-17(16)26-21)19(18)15-10-8-13(3)9-11-15/h8-12H,5-7H2,1-4H3. The van der Waals surface area contributed by atoms with E-state index in [0.717, 1.165) is 39.9 Å². The molecule has 0 saturated carbocycles. The summed E-state index contributed by atoms with van der Waals surface area (Å²) in [5, 5.41) is 1.16. The molecule has 0 amide bonds. The second-order valence-electron chi connectivity index (χ2n) is 7.30. The highest BCUT2D eigenvalue weighted by molar-refractivity contribution is 7.19. The van der Waals surface area contributed by atoms with E-state index in [1.165, 1.54) is 22.4 Å². The van der Waals surface area contributed by atoms with Crippen molar-refractivity contribution in [1.29, 1.82) is 0 Å². The molecule has 1 aliphatic rings. The third kappa shape index (κ3) is 2.82. The normalized spacial score (nSPS) is 13.4. The molecule has 0 radical (unpaired) electrons. The third-order valence-corrected chi connectivity index (χ3v) is 6.11. The van der Waals surface area contributed by atoms with Crippen molar-refractivity contribution < 1.29 is 9.53 Å². The third-order valence-electron chi connectivity index (χ3n) is 4.92. The number of pyridine rings is 1. The van der Waals surface area contributed by atoms with Crippen LogP contribution >= 0.6 is 11.3 Å². The molecule has 1 aromatic carbocycles. The molecule has 3 aromatic rings. The van der Waals surface area contributed by atoms with Crippen molar-refractivity contribution in [3.05, 3.63) is 51.5 Å². The van der Waals surface area contributed by atoms with E-state index in [2.05, 4.69) is 31.2 Å². The summed E-state index contributed by atoms with van der Waals surface area (Å²) in [6, 6.07) is 8.41. The zero-order chi connectivity index (χ0) is 18.4. The van der Waals surface area contributed by atoms with Crippen LogP contribution in [0.1, 0.15) is 52.3 Å². The molecule has 1 aliphatic carbocycles. The Kier molecular flexibility index (Phi) is 4.31. The summed E-state index contributed by atoms with van der Waals surface area (Å²) in [6.45, 7) is 7.76. The second kappa shape index (κ2) is 6.51. The quantitative estimate of drug-likeness (QED) is 0.564. The lowest BCUT2D eigenvalue weighted by Gasteiger charge is -2.16. The summed E-state index contributed by atoms with van der Waals surface area (Å²) in [5.74, 6) is -0.277. The number of benzene rings is 1. The lowest BCUT2D eigenvalue weighted by atomic mass is 9.93. The van der Waals surface area contributed by atoms with Crippen molar-refractivity contribution in [1.82, 2.24) is 4.98 Å². The average molecular weight is 365 g/mol. The Hall–Kier alpha value is -2.20. The highest BCUT2D eigenvalue weighted by Crippen LogP contribution is 2.43. The van der Waals surface area contributed by atoms with Crippen LogP contribution in [0.2, 0.25) is 0 Å². The largest absolute Gasteiger partial charge is 0.459 e. The first-order valence-electron chi connectivity index (χ1n) is 9.18. The van der Waals surface area contributed by atoms with Crippen LogP contribution in [0.15, 0.2) is 24.3 Å². The lowest BCUT2D eigenvalue weighted by molar-refractivity contribution is 0.0377. The molecule has 4 heteroatoms. The van der Waals surface area contributed by atoms with Crippen molar-refractivity contribution in [3.8, 4) is 11.1 Å². The molecule has 0 aliphatic heterocycles. The van der Waals surface area contributed by atoms with Gasteiger partial charge in [-0.05, 0) is 58.1 Å². The van der Waals surface area contributed by atoms with E-state index >= 15 is 0 Å². The zero-order valence-corrected chi connectivity index (χ0v) is 16.5. The predicted molar refractivity (Wildman–Crippen MR) is 107 cm³/mol. The fourth-order valence-corrected chi connectivity index (χ4v) is 5.09. The summed E-state index contributed by atoms with van der Waals surface area (Å²) in [7, 11) is 0. The minimum absolute atomic E-state index is 0.156. The van der Waals surface area contributed by atoms with Gasteiger partial charge >= 0.3 is 5.97 Å². The Morgan fingerprint density at radius 3 is 2.58 bits per heavy atom. The van der Waals surface area contributed by atoms with Gasteiger partial charge in [0.1, 0.15) is 4.83 Å². The number of thiophene rings is 1. The average Bonchev–Trinajstić information content (AvgIpc) is 3.14. The number of carbonyl (C=O) groups is 1. The molecular weight excluding hydrogens is 342 g/mol. The molecule has 0 unspecified atom stereocenters. The van der Waals surface area contributed by atoms with Gasteiger partial charge in [0.05, 0.1) is 17.4 Å². The molecule has 2 heterocycles. The molecule has 2 aromatic heterocycles. The maximum Gasteiger partial charge on any atom is 0.340 e. The number of carbonyl (C=O) groups excluding carboxylic acids is 1. The van der Waals surface area contributed by atoms with Crippen molar-refractivity contribution >= 4 is 27.5 Å². The first-order valence-corrected chi connectivity index (χ1v) is 10.00.